The molecule has 2 aromatic rings. The van der Waals surface area contributed by atoms with Crippen LogP contribution in [0.5, 0.6) is 5.88 Å². The highest BCUT2D eigenvalue weighted by Crippen LogP contribution is 2.29. The third-order valence-electron chi connectivity index (χ3n) is 2.37. The second kappa shape index (κ2) is 5.17. The maximum absolute atomic E-state index is 5.59. The van der Waals surface area contributed by atoms with Crippen LogP contribution < -0.4 is 16.0 Å². The summed E-state index contributed by atoms with van der Waals surface area (Å²) in [5, 5.41) is 0. The van der Waals surface area contributed by atoms with E-state index in [0.29, 0.717) is 11.6 Å². The van der Waals surface area contributed by atoms with E-state index in [2.05, 4.69) is 20.4 Å². The summed E-state index contributed by atoms with van der Waals surface area (Å²) in [5.74, 6) is 6.06. The summed E-state index contributed by atoms with van der Waals surface area (Å²) in [6.07, 6.45) is 3.19. The predicted octanol–water partition coefficient (Wildman–Crippen LogP) is 0.803. The van der Waals surface area contributed by atoms with Crippen molar-refractivity contribution >= 4 is 11.3 Å². The van der Waals surface area contributed by atoms with Gasteiger partial charge < -0.3 is 4.74 Å². The Morgan fingerprint density at radius 1 is 1.35 bits per heavy atom. The molecule has 2 rings (SSSR count). The first-order valence-corrected chi connectivity index (χ1v) is 5.87. The molecule has 3 N–H and O–H groups in total. The minimum Gasteiger partial charge on any atom is -0.480 e. The zero-order valence-corrected chi connectivity index (χ0v) is 10.4. The molecule has 0 aliphatic rings. The van der Waals surface area contributed by atoms with Crippen molar-refractivity contribution in [3.8, 4) is 5.88 Å². The first-order valence-electron chi connectivity index (χ1n) is 4.99. The lowest BCUT2D eigenvalue weighted by molar-refractivity contribution is 0.383. The monoisotopic (exact) mass is 251 g/mol. The summed E-state index contributed by atoms with van der Waals surface area (Å²) < 4.78 is 5.18. The Morgan fingerprint density at radius 2 is 2.12 bits per heavy atom. The van der Waals surface area contributed by atoms with E-state index in [4.69, 9.17) is 10.6 Å². The molecule has 1 unspecified atom stereocenters. The fraction of sp³-hybridized carbons (Fsp3) is 0.300. The number of nitrogens with one attached hydrogen (secondary N) is 1. The van der Waals surface area contributed by atoms with Gasteiger partial charge in [-0.3, -0.25) is 10.8 Å². The summed E-state index contributed by atoms with van der Waals surface area (Å²) in [6, 6.07) is -0.258. The Balaban J connectivity index is 2.46. The van der Waals surface area contributed by atoms with E-state index in [1.54, 1.807) is 25.0 Å². The number of aromatic nitrogens is 3. The van der Waals surface area contributed by atoms with Gasteiger partial charge in [0.1, 0.15) is 11.7 Å². The molecule has 0 fully saturated rings. The molecular weight excluding hydrogens is 238 g/mol. The van der Waals surface area contributed by atoms with E-state index in [0.717, 1.165) is 10.6 Å². The van der Waals surface area contributed by atoms with Crippen LogP contribution in [0.3, 0.4) is 0 Å². The van der Waals surface area contributed by atoms with E-state index < -0.39 is 0 Å². The lowest BCUT2D eigenvalue weighted by atomic mass is 10.1. The summed E-state index contributed by atoms with van der Waals surface area (Å²) in [4.78, 5) is 13.6. The molecular formula is C10H13N5OS. The molecule has 0 saturated carbocycles. The van der Waals surface area contributed by atoms with Gasteiger partial charge in [0.15, 0.2) is 0 Å². The Hall–Kier alpha value is -1.57. The third kappa shape index (κ3) is 2.26. The fourth-order valence-electron chi connectivity index (χ4n) is 1.56. The Kier molecular flexibility index (Phi) is 3.62. The zero-order chi connectivity index (χ0) is 12.3. The standard InChI is InChI=1S/C10H13N5OS/c1-6-9(17-5-14-6)7(15-11)8-10(16-2)13-4-3-12-8/h3-5,7,15H,11H2,1-2H3. The summed E-state index contributed by atoms with van der Waals surface area (Å²) >= 11 is 1.52. The van der Waals surface area contributed by atoms with Crippen LogP contribution in [0.4, 0.5) is 0 Å². The maximum Gasteiger partial charge on any atom is 0.237 e. The topological polar surface area (TPSA) is 86.0 Å². The minimum absolute atomic E-state index is 0.258. The molecule has 0 amide bonds. The van der Waals surface area contributed by atoms with Crippen LogP contribution in [0.2, 0.25) is 0 Å². The number of nitrogens with two attached hydrogens (primary N) is 1. The van der Waals surface area contributed by atoms with Crippen LogP contribution in [0.15, 0.2) is 17.9 Å². The van der Waals surface area contributed by atoms with Crippen LogP contribution in [0.1, 0.15) is 22.3 Å². The second-order valence-corrected chi connectivity index (χ2v) is 4.24. The van der Waals surface area contributed by atoms with Crippen molar-refractivity contribution in [2.45, 2.75) is 13.0 Å². The molecule has 2 heterocycles. The number of hydrogen-bond donors (Lipinski definition) is 2. The van der Waals surface area contributed by atoms with Gasteiger partial charge in [-0.2, -0.15) is 0 Å². The molecule has 0 spiro atoms. The first-order chi connectivity index (χ1) is 8.27. The average molecular weight is 251 g/mol. The highest BCUT2D eigenvalue weighted by Gasteiger charge is 2.22. The zero-order valence-electron chi connectivity index (χ0n) is 9.54. The molecule has 7 heteroatoms. The van der Waals surface area contributed by atoms with Crippen molar-refractivity contribution in [2.75, 3.05) is 7.11 Å². The number of thiazole rings is 1. The van der Waals surface area contributed by atoms with Crippen molar-refractivity contribution < 1.29 is 4.74 Å². The molecule has 17 heavy (non-hydrogen) atoms. The van der Waals surface area contributed by atoms with Gasteiger partial charge in [0.2, 0.25) is 5.88 Å². The molecule has 0 aromatic carbocycles. The Labute approximate surface area is 103 Å². The number of nitrogens with zero attached hydrogens (tertiary/aromatic N) is 3. The summed E-state index contributed by atoms with van der Waals surface area (Å²) in [7, 11) is 1.56. The smallest absolute Gasteiger partial charge is 0.237 e. The number of ether oxygens (including phenoxy) is 1. The third-order valence-corrected chi connectivity index (χ3v) is 3.37. The lowest BCUT2D eigenvalue weighted by Crippen LogP contribution is -2.30. The van der Waals surface area contributed by atoms with Gasteiger partial charge in [0.05, 0.1) is 23.2 Å². The normalized spacial score (nSPS) is 12.4. The van der Waals surface area contributed by atoms with Gasteiger partial charge in [-0.1, -0.05) is 0 Å². The van der Waals surface area contributed by atoms with Gasteiger partial charge in [-0.15, -0.1) is 11.3 Å². The quantitative estimate of drug-likeness (QED) is 0.617. The second-order valence-electron chi connectivity index (χ2n) is 3.35. The van der Waals surface area contributed by atoms with Crippen molar-refractivity contribution in [3.63, 3.8) is 0 Å². The molecule has 1 atom stereocenters. The largest absolute Gasteiger partial charge is 0.480 e. The minimum atomic E-state index is -0.258. The van der Waals surface area contributed by atoms with Crippen molar-refractivity contribution in [1.29, 1.82) is 0 Å². The number of rotatable bonds is 4. The molecule has 0 aliphatic carbocycles. The van der Waals surface area contributed by atoms with Crippen LogP contribution in [0.25, 0.3) is 0 Å². The highest BCUT2D eigenvalue weighted by atomic mass is 32.1. The van der Waals surface area contributed by atoms with E-state index in [-0.39, 0.29) is 6.04 Å². The molecule has 90 valence electrons. The van der Waals surface area contributed by atoms with Gasteiger partial charge >= 0.3 is 0 Å². The summed E-state index contributed by atoms with van der Waals surface area (Å²) in [5.41, 5.74) is 6.08. The number of hydrogen-bond acceptors (Lipinski definition) is 7. The van der Waals surface area contributed by atoms with E-state index >= 15 is 0 Å². The van der Waals surface area contributed by atoms with Crippen LogP contribution in [-0.2, 0) is 0 Å². The molecule has 6 nitrogen and oxygen atoms in total. The summed E-state index contributed by atoms with van der Waals surface area (Å²) in [6.45, 7) is 1.93. The highest BCUT2D eigenvalue weighted by molar-refractivity contribution is 7.09. The number of hydrazine groups is 1. The maximum atomic E-state index is 5.59. The lowest BCUT2D eigenvalue weighted by Gasteiger charge is -2.16. The van der Waals surface area contributed by atoms with Gasteiger partial charge in [-0.25, -0.2) is 15.4 Å². The van der Waals surface area contributed by atoms with Gasteiger partial charge in [-0.05, 0) is 6.92 Å². The van der Waals surface area contributed by atoms with E-state index in [1.165, 1.54) is 11.3 Å². The van der Waals surface area contributed by atoms with Gasteiger partial charge in [0.25, 0.3) is 0 Å². The predicted molar refractivity (Wildman–Crippen MR) is 64.6 cm³/mol. The molecule has 0 bridgehead atoms. The van der Waals surface area contributed by atoms with Crippen LogP contribution in [0, 0.1) is 6.92 Å². The number of methoxy groups -OCH3 is 1. The Morgan fingerprint density at radius 3 is 2.71 bits per heavy atom. The van der Waals surface area contributed by atoms with Crippen LogP contribution >= 0.6 is 11.3 Å². The molecule has 0 radical (unpaired) electrons. The SMILES string of the molecule is COc1nccnc1C(NN)c1scnc1C. The van der Waals surface area contributed by atoms with Crippen LogP contribution in [-0.4, -0.2) is 22.1 Å². The van der Waals surface area contributed by atoms with Crippen molar-refractivity contribution in [2.24, 2.45) is 5.84 Å². The fourth-order valence-corrected chi connectivity index (χ4v) is 2.42. The molecule has 0 saturated heterocycles. The van der Waals surface area contributed by atoms with E-state index in [1.807, 2.05) is 6.92 Å². The number of aryl methyl sites for hydroxylation is 1. The van der Waals surface area contributed by atoms with Crippen molar-refractivity contribution in [1.82, 2.24) is 20.4 Å². The van der Waals surface area contributed by atoms with E-state index in [9.17, 15) is 0 Å². The molecule has 2 aromatic heterocycles. The van der Waals surface area contributed by atoms with Gasteiger partial charge in [0, 0.05) is 12.4 Å². The van der Waals surface area contributed by atoms with Crippen molar-refractivity contribution in [3.05, 3.63) is 34.2 Å². The Bertz CT molecular complexity index is 501. The first kappa shape index (κ1) is 11.9. The average Bonchev–Trinajstić information content (AvgIpc) is 2.78. The molecule has 0 aliphatic heterocycles.